The topological polar surface area (TPSA) is 26.0 Å². The number of nitrogens with two attached hydrogens (primary N) is 1. The fraction of sp³-hybridized carbons (Fsp3) is 0.333. The molecule has 0 aliphatic heterocycles. The van der Waals surface area contributed by atoms with E-state index in [1.807, 2.05) is 0 Å². The van der Waals surface area contributed by atoms with Gasteiger partial charge in [-0.25, -0.2) is 4.39 Å². The summed E-state index contributed by atoms with van der Waals surface area (Å²) in [6, 6.07) is 0. The summed E-state index contributed by atoms with van der Waals surface area (Å²) in [5, 5.41) is -0.546. The second-order valence-electron chi connectivity index (χ2n) is 1.96. The molecule has 1 nitrogen and oxygen atoms in total. The molecule has 1 rings (SSSR count). The van der Waals surface area contributed by atoms with E-state index in [4.69, 9.17) is 17.3 Å². The minimum Gasteiger partial charge on any atom is -0.402 e. The molecule has 0 fully saturated rings. The van der Waals surface area contributed by atoms with Crippen LogP contribution in [0.3, 0.4) is 0 Å². The Morgan fingerprint density at radius 3 is 2.78 bits per heavy atom. The normalized spacial score (nSPS) is 27.1. The maximum atomic E-state index is 12.4. The molecule has 0 aromatic heterocycles. The Morgan fingerprint density at radius 1 is 1.67 bits per heavy atom. The quantitative estimate of drug-likeness (QED) is 0.519. The van der Waals surface area contributed by atoms with Crippen LogP contribution in [0.15, 0.2) is 23.7 Å². The Kier molecular flexibility index (Phi) is 1.76. The SMILES string of the molecule is NC1=CC=C(F)C(Cl)C1. The lowest BCUT2D eigenvalue weighted by Crippen LogP contribution is -2.10. The molecule has 1 atom stereocenters. The van der Waals surface area contributed by atoms with Crippen molar-refractivity contribution in [3.8, 4) is 0 Å². The Labute approximate surface area is 58.0 Å². The lowest BCUT2D eigenvalue weighted by atomic mass is 10.1. The molecule has 2 N–H and O–H groups in total. The predicted octanol–water partition coefficient (Wildman–Crippen LogP) is 1.69. The van der Waals surface area contributed by atoms with Crippen molar-refractivity contribution in [3.63, 3.8) is 0 Å². The molecule has 3 heteroatoms. The second-order valence-corrected chi connectivity index (χ2v) is 2.49. The van der Waals surface area contributed by atoms with Gasteiger partial charge in [0.2, 0.25) is 0 Å². The molecule has 0 amide bonds. The van der Waals surface area contributed by atoms with E-state index in [0.717, 1.165) is 0 Å². The van der Waals surface area contributed by atoms with Gasteiger partial charge < -0.3 is 5.73 Å². The van der Waals surface area contributed by atoms with Crippen LogP contribution in [0.4, 0.5) is 4.39 Å². The van der Waals surface area contributed by atoms with Crippen LogP contribution in [-0.4, -0.2) is 5.38 Å². The standard InChI is InChI=1S/C6H7ClFN/c7-5-3-4(9)1-2-6(5)8/h1-2,5H,3,9H2. The Hall–Kier alpha value is -0.500. The average Bonchev–Trinajstić information content (AvgIpc) is 1.80. The van der Waals surface area contributed by atoms with Gasteiger partial charge in [-0.15, -0.1) is 11.6 Å². The van der Waals surface area contributed by atoms with Crippen molar-refractivity contribution in [2.24, 2.45) is 5.73 Å². The molecule has 9 heavy (non-hydrogen) atoms. The summed E-state index contributed by atoms with van der Waals surface area (Å²) < 4.78 is 12.4. The van der Waals surface area contributed by atoms with Gasteiger partial charge in [0.1, 0.15) is 5.83 Å². The van der Waals surface area contributed by atoms with Gasteiger partial charge in [-0.1, -0.05) is 0 Å². The molecule has 50 valence electrons. The van der Waals surface area contributed by atoms with Crippen molar-refractivity contribution in [2.75, 3.05) is 0 Å². The largest absolute Gasteiger partial charge is 0.402 e. The van der Waals surface area contributed by atoms with Crippen LogP contribution >= 0.6 is 11.6 Å². The zero-order chi connectivity index (χ0) is 6.85. The van der Waals surface area contributed by atoms with Gasteiger partial charge >= 0.3 is 0 Å². The molecule has 1 unspecified atom stereocenters. The molecular weight excluding hydrogens is 141 g/mol. The maximum absolute atomic E-state index is 12.4. The van der Waals surface area contributed by atoms with Crippen LogP contribution in [0, 0.1) is 0 Å². The number of rotatable bonds is 0. The zero-order valence-corrected chi connectivity index (χ0v) is 5.53. The third-order valence-electron chi connectivity index (χ3n) is 1.17. The highest BCUT2D eigenvalue weighted by atomic mass is 35.5. The Balaban J connectivity index is 2.74. The van der Waals surface area contributed by atoms with Crippen LogP contribution in [0.2, 0.25) is 0 Å². The average molecular weight is 148 g/mol. The number of allylic oxidation sites excluding steroid dienone is 4. The summed E-state index contributed by atoms with van der Waals surface area (Å²) in [4.78, 5) is 0. The number of hydrogen-bond acceptors (Lipinski definition) is 1. The smallest absolute Gasteiger partial charge is 0.118 e. The molecule has 0 aromatic carbocycles. The van der Waals surface area contributed by atoms with Crippen LogP contribution in [0.1, 0.15) is 6.42 Å². The van der Waals surface area contributed by atoms with E-state index in [-0.39, 0.29) is 5.83 Å². The van der Waals surface area contributed by atoms with E-state index in [9.17, 15) is 4.39 Å². The Bertz CT molecular complexity index is 174. The monoisotopic (exact) mass is 147 g/mol. The molecule has 0 bridgehead atoms. The van der Waals surface area contributed by atoms with Gasteiger partial charge in [-0.2, -0.15) is 0 Å². The third kappa shape index (κ3) is 1.45. The minimum atomic E-state index is -0.546. The Morgan fingerprint density at radius 2 is 2.33 bits per heavy atom. The molecule has 0 spiro atoms. The molecule has 0 heterocycles. The van der Waals surface area contributed by atoms with E-state index < -0.39 is 5.38 Å². The number of hydrogen-bond donors (Lipinski definition) is 1. The zero-order valence-electron chi connectivity index (χ0n) is 4.77. The predicted molar refractivity (Wildman–Crippen MR) is 35.7 cm³/mol. The second kappa shape index (κ2) is 2.40. The highest BCUT2D eigenvalue weighted by molar-refractivity contribution is 6.22. The summed E-state index contributed by atoms with van der Waals surface area (Å²) in [5.41, 5.74) is 5.99. The first-order valence-electron chi connectivity index (χ1n) is 2.66. The number of alkyl halides is 1. The van der Waals surface area contributed by atoms with E-state index in [1.165, 1.54) is 12.2 Å². The molecule has 0 saturated carbocycles. The summed E-state index contributed by atoms with van der Waals surface area (Å²) in [6.07, 6.45) is 3.26. The fourth-order valence-electron chi connectivity index (χ4n) is 0.664. The van der Waals surface area contributed by atoms with E-state index >= 15 is 0 Å². The van der Waals surface area contributed by atoms with Crippen LogP contribution in [0.25, 0.3) is 0 Å². The first-order chi connectivity index (χ1) is 4.20. The summed E-state index contributed by atoms with van der Waals surface area (Å²) in [5.74, 6) is -0.300. The van der Waals surface area contributed by atoms with Crippen molar-refractivity contribution in [1.82, 2.24) is 0 Å². The molecule has 1 aliphatic carbocycles. The van der Waals surface area contributed by atoms with Crippen molar-refractivity contribution in [3.05, 3.63) is 23.7 Å². The lowest BCUT2D eigenvalue weighted by molar-refractivity contribution is 0.585. The van der Waals surface area contributed by atoms with Crippen molar-refractivity contribution in [1.29, 1.82) is 0 Å². The maximum Gasteiger partial charge on any atom is 0.118 e. The van der Waals surface area contributed by atoms with Crippen molar-refractivity contribution < 1.29 is 4.39 Å². The van der Waals surface area contributed by atoms with Gasteiger partial charge in [0.15, 0.2) is 0 Å². The highest BCUT2D eigenvalue weighted by Gasteiger charge is 2.14. The number of halogens is 2. The van der Waals surface area contributed by atoms with Gasteiger partial charge in [0.25, 0.3) is 0 Å². The first-order valence-corrected chi connectivity index (χ1v) is 3.09. The van der Waals surface area contributed by atoms with Gasteiger partial charge in [0, 0.05) is 12.1 Å². The van der Waals surface area contributed by atoms with E-state index in [1.54, 1.807) is 0 Å². The lowest BCUT2D eigenvalue weighted by Gasteiger charge is -2.10. The van der Waals surface area contributed by atoms with Gasteiger partial charge in [-0.05, 0) is 12.2 Å². The third-order valence-corrected chi connectivity index (χ3v) is 1.53. The first kappa shape index (κ1) is 6.62. The summed E-state index contributed by atoms with van der Waals surface area (Å²) in [7, 11) is 0. The van der Waals surface area contributed by atoms with Gasteiger partial charge in [0.05, 0.1) is 5.38 Å². The van der Waals surface area contributed by atoms with Crippen molar-refractivity contribution in [2.45, 2.75) is 11.8 Å². The minimum absolute atomic E-state index is 0.300. The van der Waals surface area contributed by atoms with E-state index in [2.05, 4.69) is 0 Å². The summed E-state index contributed by atoms with van der Waals surface area (Å²) in [6.45, 7) is 0. The van der Waals surface area contributed by atoms with Crippen LogP contribution < -0.4 is 5.73 Å². The fourth-order valence-corrected chi connectivity index (χ4v) is 0.914. The molecule has 0 aromatic rings. The van der Waals surface area contributed by atoms with Crippen LogP contribution in [-0.2, 0) is 0 Å². The molecule has 0 saturated heterocycles. The molecular formula is C6H7ClFN. The van der Waals surface area contributed by atoms with Crippen molar-refractivity contribution >= 4 is 11.6 Å². The van der Waals surface area contributed by atoms with Crippen LogP contribution in [0.5, 0.6) is 0 Å². The highest BCUT2D eigenvalue weighted by Crippen LogP contribution is 2.21. The molecule has 0 radical (unpaired) electrons. The van der Waals surface area contributed by atoms with E-state index in [0.29, 0.717) is 12.1 Å². The molecule has 1 aliphatic rings. The van der Waals surface area contributed by atoms with Gasteiger partial charge in [-0.3, -0.25) is 0 Å². The summed E-state index contributed by atoms with van der Waals surface area (Å²) >= 11 is 5.50.